The minimum absolute atomic E-state index is 0.429. The van der Waals surface area contributed by atoms with E-state index in [1.165, 1.54) is 0 Å². The van der Waals surface area contributed by atoms with E-state index in [1.807, 2.05) is 33.8 Å². The molecule has 1 aromatic heterocycles. The highest BCUT2D eigenvalue weighted by molar-refractivity contribution is 6.35. The van der Waals surface area contributed by atoms with Gasteiger partial charge in [0.05, 0.1) is 5.41 Å². The van der Waals surface area contributed by atoms with Crippen LogP contribution in [0.3, 0.4) is 0 Å². The van der Waals surface area contributed by atoms with Gasteiger partial charge >= 0.3 is 0 Å². The molecule has 1 aromatic carbocycles. The van der Waals surface area contributed by atoms with Gasteiger partial charge in [0.1, 0.15) is 0 Å². The van der Waals surface area contributed by atoms with Gasteiger partial charge in [0.15, 0.2) is 5.82 Å². The molecule has 2 aromatic rings. The number of nitrogens with zero attached hydrogens (tertiary/aromatic N) is 2. The third-order valence-corrected chi connectivity index (χ3v) is 4.56. The molecular weight excluding hydrogens is 309 g/mol. The second-order valence-corrected chi connectivity index (χ2v) is 7.12. The number of aromatic nitrogens is 2. The van der Waals surface area contributed by atoms with Crippen molar-refractivity contribution in [2.24, 2.45) is 5.73 Å². The van der Waals surface area contributed by atoms with E-state index in [4.69, 9.17) is 33.5 Å². The topological polar surface area (TPSA) is 64.9 Å². The van der Waals surface area contributed by atoms with Crippen molar-refractivity contribution in [3.8, 4) is 0 Å². The highest BCUT2D eigenvalue weighted by Gasteiger charge is 2.40. The first-order valence-electron chi connectivity index (χ1n) is 6.67. The van der Waals surface area contributed by atoms with Crippen LogP contribution in [0.2, 0.25) is 10.0 Å². The molecule has 4 nitrogen and oxygen atoms in total. The zero-order valence-corrected chi connectivity index (χ0v) is 14.1. The zero-order valence-electron chi connectivity index (χ0n) is 12.6. The Balaban J connectivity index is 2.25. The summed E-state index contributed by atoms with van der Waals surface area (Å²) < 4.78 is 5.38. The monoisotopic (exact) mass is 327 g/mol. The second-order valence-electron chi connectivity index (χ2n) is 6.27. The van der Waals surface area contributed by atoms with Crippen molar-refractivity contribution < 1.29 is 4.52 Å². The van der Waals surface area contributed by atoms with Crippen LogP contribution in [0.25, 0.3) is 0 Å². The molecule has 0 bridgehead atoms. The van der Waals surface area contributed by atoms with E-state index in [0.29, 0.717) is 28.2 Å². The Bertz CT molecular complexity index is 645. The van der Waals surface area contributed by atoms with E-state index < -0.39 is 11.0 Å². The molecule has 0 saturated heterocycles. The minimum Gasteiger partial charge on any atom is -0.339 e. The first-order chi connectivity index (χ1) is 9.61. The molecule has 0 amide bonds. The average molecular weight is 328 g/mol. The van der Waals surface area contributed by atoms with Crippen molar-refractivity contribution in [2.45, 2.75) is 45.1 Å². The zero-order chi connectivity index (χ0) is 15.8. The fraction of sp³-hybridized carbons (Fsp3) is 0.467. The van der Waals surface area contributed by atoms with E-state index in [-0.39, 0.29) is 0 Å². The van der Waals surface area contributed by atoms with E-state index >= 15 is 0 Å². The van der Waals surface area contributed by atoms with Crippen molar-refractivity contribution in [3.05, 3.63) is 45.5 Å². The molecule has 0 atom stereocenters. The van der Waals surface area contributed by atoms with Gasteiger partial charge in [-0.25, -0.2) is 0 Å². The van der Waals surface area contributed by atoms with Gasteiger partial charge in [-0.3, -0.25) is 0 Å². The standard InChI is InChI=1S/C15H19Cl2N3O/c1-14(2,15(3,4)18)13-19-12(20-21-13)7-9-5-6-10(16)8-11(9)17/h5-6,8H,7,18H2,1-4H3. The lowest BCUT2D eigenvalue weighted by atomic mass is 9.75. The summed E-state index contributed by atoms with van der Waals surface area (Å²) in [5.74, 6) is 1.10. The first-order valence-corrected chi connectivity index (χ1v) is 7.43. The van der Waals surface area contributed by atoms with Crippen molar-refractivity contribution in [1.29, 1.82) is 0 Å². The molecule has 0 spiro atoms. The van der Waals surface area contributed by atoms with Gasteiger partial charge in [-0.15, -0.1) is 0 Å². The average Bonchev–Trinajstić information content (AvgIpc) is 2.80. The lowest BCUT2D eigenvalue weighted by Crippen LogP contribution is -2.50. The lowest BCUT2D eigenvalue weighted by molar-refractivity contribution is 0.222. The van der Waals surface area contributed by atoms with E-state index in [0.717, 1.165) is 5.56 Å². The first kappa shape index (κ1) is 16.3. The number of benzene rings is 1. The van der Waals surface area contributed by atoms with Gasteiger partial charge in [0.25, 0.3) is 0 Å². The van der Waals surface area contributed by atoms with Crippen LogP contribution in [0.15, 0.2) is 22.7 Å². The van der Waals surface area contributed by atoms with Crippen LogP contribution in [0.4, 0.5) is 0 Å². The van der Waals surface area contributed by atoms with Crippen molar-refractivity contribution in [3.63, 3.8) is 0 Å². The Hall–Kier alpha value is -1.10. The summed E-state index contributed by atoms with van der Waals surface area (Å²) >= 11 is 12.0. The second kappa shape index (κ2) is 5.59. The van der Waals surface area contributed by atoms with Crippen LogP contribution >= 0.6 is 23.2 Å². The molecule has 1 heterocycles. The molecule has 0 aliphatic carbocycles. The van der Waals surface area contributed by atoms with Gasteiger partial charge < -0.3 is 10.3 Å². The van der Waals surface area contributed by atoms with Gasteiger partial charge in [-0.1, -0.05) is 34.4 Å². The molecule has 0 aliphatic rings. The fourth-order valence-electron chi connectivity index (χ4n) is 1.69. The molecule has 0 fully saturated rings. The summed E-state index contributed by atoms with van der Waals surface area (Å²) in [7, 11) is 0. The van der Waals surface area contributed by atoms with Gasteiger partial charge in [-0.2, -0.15) is 4.98 Å². The molecule has 0 saturated carbocycles. The van der Waals surface area contributed by atoms with Gasteiger partial charge in [0, 0.05) is 22.0 Å². The minimum atomic E-state index is -0.477. The molecular formula is C15H19Cl2N3O. The number of nitrogens with two attached hydrogens (primary N) is 1. The van der Waals surface area contributed by atoms with Crippen molar-refractivity contribution in [1.82, 2.24) is 10.1 Å². The summed E-state index contributed by atoms with van der Waals surface area (Å²) in [6, 6.07) is 5.35. The summed E-state index contributed by atoms with van der Waals surface area (Å²) in [6.45, 7) is 7.85. The molecule has 2 N–H and O–H groups in total. The molecule has 2 rings (SSSR count). The van der Waals surface area contributed by atoms with Gasteiger partial charge in [-0.05, 0) is 45.4 Å². The number of rotatable bonds is 4. The SMILES string of the molecule is CC(C)(N)C(C)(C)c1nc(Cc2ccc(Cl)cc2Cl)no1. The van der Waals surface area contributed by atoms with Crippen LogP contribution in [-0.2, 0) is 11.8 Å². The predicted octanol–water partition coefficient (Wildman–Crippen LogP) is 3.98. The molecule has 0 radical (unpaired) electrons. The summed E-state index contributed by atoms with van der Waals surface area (Å²) in [5, 5.41) is 5.21. The van der Waals surface area contributed by atoms with Crippen LogP contribution in [0.1, 0.15) is 45.0 Å². The molecule has 114 valence electrons. The Morgan fingerprint density at radius 1 is 1.19 bits per heavy atom. The third-order valence-electron chi connectivity index (χ3n) is 3.98. The maximum Gasteiger partial charge on any atom is 0.234 e. The Morgan fingerprint density at radius 2 is 1.86 bits per heavy atom. The summed E-state index contributed by atoms with van der Waals surface area (Å²) in [6.07, 6.45) is 0.487. The molecule has 0 unspecified atom stereocenters. The summed E-state index contributed by atoms with van der Waals surface area (Å²) in [4.78, 5) is 4.46. The third kappa shape index (κ3) is 3.39. The molecule has 6 heteroatoms. The van der Waals surface area contributed by atoms with Crippen LogP contribution < -0.4 is 5.73 Å². The number of halogens is 2. The molecule has 0 aliphatic heterocycles. The van der Waals surface area contributed by atoms with E-state index in [2.05, 4.69) is 10.1 Å². The molecule has 21 heavy (non-hydrogen) atoms. The quantitative estimate of drug-likeness (QED) is 0.922. The fourth-order valence-corrected chi connectivity index (χ4v) is 2.17. The van der Waals surface area contributed by atoms with E-state index in [9.17, 15) is 0 Å². The highest BCUT2D eigenvalue weighted by atomic mass is 35.5. The number of hydrogen-bond donors (Lipinski definition) is 1. The Labute approximate surface area is 134 Å². The largest absolute Gasteiger partial charge is 0.339 e. The van der Waals surface area contributed by atoms with E-state index in [1.54, 1.807) is 12.1 Å². The van der Waals surface area contributed by atoms with Gasteiger partial charge in [0.2, 0.25) is 5.89 Å². The lowest BCUT2D eigenvalue weighted by Gasteiger charge is -2.34. The maximum absolute atomic E-state index is 6.18. The Kier molecular flexibility index (Phi) is 4.34. The Morgan fingerprint density at radius 3 is 2.43 bits per heavy atom. The van der Waals surface area contributed by atoms with Crippen LogP contribution in [0, 0.1) is 0 Å². The van der Waals surface area contributed by atoms with Crippen molar-refractivity contribution >= 4 is 23.2 Å². The predicted molar refractivity (Wildman–Crippen MR) is 84.9 cm³/mol. The normalized spacial score (nSPS) is 12.7. The summed E-state index contributed by atoms with van der Waals surface area (Å²) in [5.41, 5.74) is 6.18. The maximum atomic E-state index is 6.18. The van der Waals surface area contributed by atoms with Crippen LogP contribution in [-0.4, -0.2) is 15.7 Å². The highest BCUT2D eigenvalue weighted by Crippen LogP contribution is 2.32. The smallest absolute Gasteiger partial charge is 0.234 e. The number of hydrogen-bond acceptors (Lipinski definition) is 4. The van der Waals surface area contributed by atoms with Crippen molar-refractivity contribution in [2.75, 3.05) is 0 Å². The van der Waals surface area contributed by atoms with Crippen LogP contribution in [0.5, 0.6) is 0 Å².